The monoisotopic (exact) mass is 312 g/mol. The average Bonchev–Trinajstić information content (AvgIpc) is 2.47. The van der Waals surface area contributed by atoms with E-state index in [-0.39, 0.29) is 4.90 Å². The number of guanidine groups is 1. The number of benzene rings is 1. The van der Waals surface area contributed by atoms with Gasteiger partial charge in [-0.3, -0.25) is 0 Å². The van der Waals surface area contributed by atoms with Crippen LogP contribution in [0.25, 0.3) is 0 Å². The molecule has 0 aromatic heterocycles. The molecule has 1 aromatic carbocycles. The van der Waals surface area contributed by atoms with E-state index in [1.807, 2.05) is 18.7 Å². The molecule has 118 valence electrons. The van der Waals surface area contributed by atoms with Gasteiger partial charge in [0, 0.05) is 19.6 Å². The third-order valence-electron chi connectivity index (χ3n) is 3.08. The van der Waals surface area contributed by atoms with Crippen molar-refractivity contribution >= 4 is 16.0 Å². The van der Waals surface area contributed by atoms with Crippen molar-refractivity contribution in [2.24, 2.45) is 10.7 Å². The van der Waals surface area contributed by atoms with E-state index >= 15 is 0 Å². The molecule has 0 radical (unpaired) electrons. The van der Waals surface area contributed by atoms with Gasteiger partial charge in [0.05, 0.1) is 11.4 Å². The number of nitrogens with one attached hydrogen (secondary N) is 1. The van der Waals surface area contributed by atoms with Crippen LogP contribution in [0.2, 0.25) is 0 Å². The number of sulfonamides is 1. The van der Waals surface area contributed by atoms with E-state index in [4.69, 9.17) is 5.73 Å². The summed E-state index contributed by atoms with van der Waals surface area (Å²) < 4.78 is 26.1. The summed E-state index contributed by atoms with van der Waals surface area (Å²) >= 11 is 0. The third-order valence-corrected chi connectivity index (χ3v) is 4.64. The Bertz CT molecular complexity index is 563. The maximum Gasteiger partial charge on any atom is 0.240 e. The van der Waals surface area contributed by atoms with E-state index in [9.17, 15) is 8.42 Å². The van der Waals surface area contributed by atoms with E-state index in [0.717, 1.165) is 18.7 Å². The van der Waals surface area contributed by atoms with Crippen LogP contribution in [0.3, 0.4) is 0 Å². The summed E-state index contributed by atoms with van der Waals surface area (Å²) in [7, 11) is -3.40. The summed E-state index contributed by atoms with van der Waals surface area (Å²) in [4.78, 5) is 6.54. The van der Waals surface area contributed by atoms with Gasteiger partial charge in [0.2, 0.25) is 10.0 Å². The summed E-state index contributed by atoms with van der Waals surface area (Å²) in [6, 6.07) is 6.67. The second-order valence-corrected chi connectivity index (χ2v) is 6.26. The molecule has 0 unspecified atom stereocenters. The van der Waals surface area contributed by atoms with E-state index in [1.165, 1.54) is 0 Å². The molecule has 0 atom stereocenters. The van der Waals surface area contributed by atoms with Crippen LogP contribution in [0.1, 0.15) is 26.3 Å². The number of aliphatic imine (C=N–C) groups is 1. The molecule has 6 nitrogen and oxygen atoms in total. The lowest BCUT2D eigenvalue weighted by atomic mass is 10.2. The van der Waals surface area contributed by atoms with Crippen LogP contribution in [0, 0.1) is 0 Å². The highest BCUT2D eigenvalue weighted by Crippen LogP contribution is 2.11. The van der Waals surface area contributed by atoms with E-state index in [0.29, 0.717) is 19.0 Å². The van der Waals surface area contributed by atoms with Gasteiger partial charge in [-0.15, -0.1) is 0 Å². The Hall–Kier alpha value is -1.60. The first-order valence-corrected chi connectivity index (χ1v) is 8.56. The predicted molar refractivity (Wildman–Crippen MR) is 85.6 cm³/mol. The maximum absolute atomic E-state index is 11.8. The third kappa shape index (κ3) is 5.02. The summed E-state index contributed by atoms with van der Waals surface area (Å²) in [6.07, 6.45) is 0. The highest BCUT2D eigenvalue weighted by atomic mass is 32.2. The number of nitrogens with two attached hydrogens (primary N) is 1. The SMILES string of the molecule is CCNS(=O)(=O)c1ccc(CN=C(N)N(CC)CC)cc1. The lowest BCUT2D eigenvalue weighted by molar-refractivity contribution is 0.458. The molecule has 0 saturated heterocycles. The Morgan fingerprint density at radius 3 is 2.24 bits per heavy atom. The Morgan fingerprint density at radius 1 is 1.19 bits per heavy atom. The summed E-state index contributed by atoms with van der Waals surface area (Å²) in [5, 5.41) is 0. The summed E-state index contributed by atoms with van der Waals surface area (Å²) in [6.45, 7) is 8.21. The average molecular weight is 312 g/mol. The first-order valence-electron chi connectivity index (χ1n) is 7.08. The minimum Gasteiger partial charge on any atom is -0.370 e. The molecule has 1 rings (SSSR count). The molecule has 0 saturated carbocycles. The molecule has 1 aromatic rings. The van der Waals surface area contributed by atoms with Crippen molar-refractivity contribution in [1.82, 2.24) is 9.62 Å². The van der Waals surface area contributed by atoms with Crippen LogP contribution in [0.15, 0.2) is 34.2 Å². The molecule has 0 heterocycles. The molecule has 0 aliphatic carbocycles. The van der Waals surface area contributed by atoms with E-state index in [1.54, 1.807) is 31.2 Å². The fourth-order valence-electron chi connectivity index (χ4n) is 1.87. The van der Waals surface area contributed by atoms with Crippen molar-refractivity contribution in [3.05, 3.63) is 29.8 Å². The number of nitrogens with zero attached hydrogens (tertiary/aromatic N) is 2. The zero-order valence-electron chi connectivity index (χ0n) is 12.8. The molecule has 0 aliphatic heterocycles. The van der Waals surface area contributed by atoms with Crippen molar-refractivity contribution < 1.29 is 8.42 Å². The second kappa shape index (κ2) is 7.99. The minimum atomic E-state index is -3.40. The molecule has 7 heteroatoms. The quantitative estimate of drug-likeness (QED) is 0.584. The van der Waals surface area contributed by atoms with Gasteiger partial charge < -0.3 is 10.6 Å². The lowest BCUT2D eigenvalue weighted by Crippen LogP contribution is -2.37. The molecular weight excluding hydrogens is 288 g/mol. The van der Waals surface area contributed by atoms with Crippen LogP contribution >= 0.6 is 0 Å². The van der Waals surface area contributed by atoms with Crippen molar-refractivity contribution in [3.63, 3.8) is 0 Å². The largest absolute Gasteiger partial charge is 0.370 e. The molecule has 3 N–H and O–H groups in total. The van der Waals surface area contributed by atoms with Crippen molar-refractivity contribution in [3.8, 4) is 0 Å². The van der Waals surface area contributed by atoms with Gasteiger partial charge in [0.1, 0.15) is 0 Å². The molecular formula is C14H24N4O2S. The van der Waals surface area contributed by atoms with Gasteiger partial charge >= 0.3 is 0 Å². The smallest absolute Gasteiger partial charge is 0.240 e. The van der Waals surface area contributed by atoms with Gasteiger partial charge in [-0.25, -0.2) is 18.1 Å². The molecule has 0 fully saturated rings. The Labute approximate surface area is 127 Å². The highest BCUT2D eigenvalue weighted by molar-refractivity contribution is 7.89. The molecule has 0 aliphatic rings. The second-order valence-electron chi connectivity index (χ2n) is 4.49. The standard InChI is InChI=1S/C14H24N4O2S/c1-4-17-21(19,20)13-9-7-12(8-10-13)11-16-14(15)18(5-2)6-3/h7-10,17H,4-6,11H2,1-3H3,(H2,15,16). The van der Waals surface area contributed by atoms with Crippen molar-refractivity contribution in [2.45, 2.75) is 32.2 Å². The van der Waals surface area contributed by atoms with Gasteiger partial charge in [0.25, 0.3) is 0 Å². The van der Waals surface area contributed by atoms with E-state index < -0.39 is 10.0 Å². The zero-order valence-corrected chi connectivity index (χ0v) is 13.7. The number of hydrogen-bond donors (Lipinski definition) is 2. The summed E-state index contributed by atoms with van der Waals surface area (Å²) in [5.74, 6) is 0.504. The number of rotatable bonds is 7. The van der Waals surface area contributed by atoms with Crippen LogP contribution in [0.4, 0.5) is 0 Å². The maximum atomic E-state index is 11.8. The Morgan fingerprint density at radius 2 is 1.76 bits per heavy atom. The number of hydrogen-bond acceptors (Lipinski definition) is 3. The highest BCUT2D eigenvalue weighted by Gasteiger charge is 2.11. The lowest BCUT2D eigenvalue weighted by Gasteiger charge is -2.19. The van der Waals surface area contributed by atoms with Gasteiger partial charge in [-0.05, 0) is 31.5 Å². The fraction of sp³-hybridized carbons (Fsp3) is 0.500. The molecule has 0 amide bonds. The first-order chi connectivity index (χ1) is 9.94. The van der Waals surface area contributed by atoms with Crippen molar-refractivity contribution in [1.29, 1.82) is 0 Å². The fourth-order valence-corrected chi connectivity index (χ4v) is 2.91. The normalized spacial score (nSPS) is 12.4. The molecule has 21 heavy (non-hydrogen) atoms. The predicted octanol–water partition coefficient (Wildman–Crippen LogP) is 1.14. The van der Waals surface area contributed by atoms with Crippen LogP contribution in [-0.4, -0.2) is 38.9 Å². The van der Waals surface area contributed by atoms with Crippen LogP contribution in [0.5, 0.6) is 0 Å². The minimum absolute atomic E-state index is 0.258. The Balaban J connectivity index is 2.78. The molecule has 0 spiro atoms. The summed E-state index contributed by atoms with van der Waals surface area (Å²) in [5.41, 5.74) is 6.81. The van der Waals surface area contributed by atoms with E-state index in [2.05, 4.69) is 9.71 Å². The first kappa shape index (κ1) is 17.5. The Kier molecular flexibility index (Phi) is 6.64. The van der Waals surface area contributed by atoms with Crippen LogP contribution in [-0.2, 0) is 16.6 Å². The topological polar surface area (TPSA) is 87.8 Å². The molecule has 0 bridgehead atoms. The zero-order chi connectivity index (χ0) is 15.9. The van der Waals surface area contributed by atoms with Gasteiger partial charge in [-0.2, -0.15) is 0 Å². The van der Waals surface area contributed by atoms with Gasteiger partial charge in [0.15, 0.2) is 5.96 Å². The van der Waals surface area contributed by atoms with Crippen molar-refractivity contribution in [2.75, 3.05) is 19.6 Å². The van der Waals surface area contributed by atoms with Gasteiger partial charge in [-0.1, -0.05) is 19.1 Å². The van der Waals surface area contributed by atoms with Crippen LogP contribution < -0.4 is 10.5 Å².